The molecule has 1 unspecified atom stereocenters. The summed E-state index contributed by atoms with van der Waals surface area (Å²) < 4.78 is 0. The van der Waals surface area contributed by atoms with Crippen molar-refractivity contribution in [2.45, 2.75) is 45.1 Å². The predicted molar refractivity (Wildman–Crippen MR) is 80.5 cm³/mol. The molecule has 0 radical (unpaired) electrons. The second kappa shape index (κ2) is 8.76. The maximum atomic E-state index is 11.8. The van der Waals surface area contributed by atoms with E-state index in [1.165, 1.54) is 12.1 Å². The van der Waals surface area contributed by atoms with Gasteiger partial charge >= 0.3 is 5.97 Å². The Balaban J connectivity index is 2.52. The molecule has 1 amide bonds. The van der Waals surface area contributed by atoms with Gasteiger partial charge in [0, 0.05) is 18.6 Å². The van der Waals surface area contributed by atoms with E-state index in [9.17, 15) is 19.7 Å². The summed E-state index contributed by atoms with van der Waals surface area (Å²) in [4.78, 5) is 33.0. The minimum Gasteiger partial charge on any atom is -0.480 e. The van der Waals surface area contributed by atoms with Crippen molar-refractivity contribution in [1.29, 1.82) is 0 Å². The second-order valence-electron chi connectivity index (χ2n) is 5.03. The Hall–Kier alpha value is -2.44. The van der Waals surface area contributed by atoms with Crippen LogP contribution in [0.15, 0.2) is 24.3 Å². The number of nitro benzene ring substituents is 1. The molecule has 0 spiro atoms. The second-order valence-corrected chi connectivity index (χ2v) is 5.03. The van der Waals surface area contributed by atoms with Gasteiger partial charge in [-0.3, -0.25) is 14.9 Å². The molecule has 0 aliphatic rings. The van der Waals surface area contributed by atoms with Gasteiger partial charge in [-0.25, -0.2) is 4.79 Å². The Kier molecular flexibility index (Phi) is 7.01. The van der Waals surface area contributed by atoms with E-state index < -0.39 is 16.9 Å². The number of carboxylic acids is 1. The molecule has 0 bridgehead atoms. The molecule has 7 nitrogen and oxygen atoms in total. The quantitative estimate of drug-likeness (QED) is 0.537. The highest BCUT2D eigenvalue weighted by atomic mass is 16.6. The summed E-state index contributed by atoms with van der Waals surface area (Å²) in [5.41, 5.74) is 0.647. The number of aliphatic carboxylic acids is 1. The normalized spacial score (nSPS) is 11.7. The van der Waals surface area contributed by atoms with Crippen LogP contribution in [0.2, 0.25) is 0 Å². The summed E-state index contributed by atoms with van der Waals surface area (Å²) in [5.74, 6) is -1.41. The van der Waals surface area contributed by atoms with Crippen LogP contribution in [0.4, 0.5) is 5.69 Å². The summed E-state index contributed by atoms with van der Waals surface area (Å²) in [7, 11) is 0. The van der Waals surface area contributed by atoms with Gasteiger partial charge in [0.2, 0.25) is 5.91 Å². The van der Waals surface area contributed by atoms with Crippen molar-refractivity contribution < 1.29 is 19.6 Å². The third-order valence-corrected chi connectivity index (χ3v) is 3.24. The number of nitro groups is 1. The summed E-state index contributed by atoms with van der Waals surface area (Å²) in [6, 6.07) is 5.18. The molecule has 1 aromatic rings. The summed E-state index contributed by atoms with van der Waals surface area (Å²) >= 11 is 0. The van der Waals surface area contributed by atoms with Crippen LogP contribution >= 0.6 is 0 Å². The van der Waals surface area contributed by atoms with Crippen molar-refractivity contribution in [2.24, 2.45) is 0 Å². The van der Waals surface area contributed by atoms with E-state index in [0.29, 0.717) is 18.4 Å². The van der Waals surface area contributed by atoms with E-state index >= 15 is 0 Å². The summed E-state index contributed by atoms with van der Waals surface area (Å²) in [6.07, 6.45) is 2.40. The van der Waals surface area contributed by atoms with Crippen molar-refractivity contribution in [3.8, 4) is 0 Å². The molecule has 0 aliphatic heterocycles. The van der Waals surface area contributed by atoms with Crippen molar-refractivity contribution in [2.75, 3.05) is 0 Å². The highest BCUT2D eigenvalue weighted by Gasteiger charge is 2.19. The Morgan fingerprint density at radius 2 is 2.14 bits per heavy atom. The molecule has 0 heterocycles. The predicted octanol–water partition coefficient (Wildman–Crippen LogP) is 2.29. The molecule has 0 saturated heterocycles. The molecule has 1 aromatic carbocycles. The molecule has 2 N–H and O–H groups in total. The van der Waals surface area contributed by atoms with E-state index in [0.717, 1.165) is 12.8 Å². The lowest BCUT2D eigenvalue weighted by Crippen LogP contribution is -2.40. The molecular formula is C15H20N2O5. The monoisotopic (exact) mass is 308 g/mol. The lowest BCUT2D eigenvalue weighted by atomic mass is 10.1. The maximum absolute atomic E-state index is 11.8. The zero-order valence-electron chi connectivity index (χ0n) is 12.4. The molecule has 0 aromatic heterocycles. The van der Waals surface area contributed by atoms with Crippen LogP contribution in [0.25, 0.3) is 0 Å². The van der Waals surface area contributed by atoms with Gasteiger partial charge in [-0.1, -0.05) is 31.9 Å². The number of nitrogens with zero attached hydrogens (tertiary/aromatic N) is 1. The fourth-order valence-electron chi connectivity index (χ4n) is 2.02. The van der Waals surface area contributed by atoms with Crippen LogP contribution in [-0.4, -0.2) is 27.9 Å². The molecule has 0 aliphatic carbocycles. The highest BCUT2D eigenvalue weighted by Crippen LogP contribution is 2.14. The van der Waals surface area contributed by atoms with E-state index in [4.69, 9.17) is 5.11 Å². The topological polar surface area (TPSA) is 110 Å². The third kappa shape index (κ3) is 5.90. The largest absolute Gasteiger partial charge is 0.480 e. The zero-order chi connectivity index (χ0) is 16.5. The number of aryl methyl sites for hydroxylation is 1. The van der Waals surface area contributed by atoms with Crippen LogP contribution < -0.4 is 5.32 Å². The molecule has 1 atom stereocenters. The SMILES string of the molecule is CCCCC(NC(=O)CCc1cccc([N+](=O)[O-])c1)C(=O)O. The van der Waals surface area contributed by atoms with Gasteiger partial charge in [0.1, 0.15) is 6.04 Å². The van der Waals surface area contributed by atoms with E-state index in [1.807, 2.05) is 6.92 Å². The molecule has 7 heteroatoms. The van der Waals surface area contributed by atoms with Crippen LogP contribution in [0.3, 0.4) is 0 Å². The Morgan fingerprint density at radius 1 is 1.41 bits per heavy atom. The van der Waals surface area contributed by atoms with Crippen molar-refractivity contribution >= 4 is 17.6 Å². The van der Waals surface area contributed by atoms with Crippen LogP contribution in [0.5, 0.6) is 0 Å². The first kappa shape index (κ1) is 17.6. The number of rotatable bonds is 9. The summed E-state index contributed by atoms with van der Waals surface area (Å²) in [5, 5.41) is 22.2. The first-order chi connectivity index (χ1) is 10.4. The lowest BCUT2D eigenvalue weighted by molar-refractivity contribution is -0.384. The van der Waals surface area contributed by atoms with Crippen molar-refractivity contribution in [1.82, 2.24) is 5.32 Å². The van der Waals surface area contributed by atoms with Gasteiger partial charge in [0.05, 0.1) is 4.92 Å². The van der Waals surface area contributed by atoms with Gasteiger partial charge < -0.3 is 10.4 Å². The lowest BCUT2D eigenvalue weighted by Gasteiger charge is -2.14. The number of unbranched alkanes of at least 4 members (excludes halogenated alkanes) is 1. The Labute approximate surface area is 128 Å². The number of hydrogen-bond donors (Lipinski definition) is 2. The van der Waals surface area contributed by atoms with Gasteiger partial charge in [-0.2, -0.15) is 0 Å². The molecule has 22 heavy (non-hydrogen) atoms. The minimum atomic E-state index is -1.04. The number of amides is 1. The number of nitrogens with one attached hydrogen (secondary N) is 1. The molecule has 1 rings (SSSR count). The summed E-state index contributed by atoms with van der Waals surface area (Å²) in [6.45, 7) is 1.95. The van der Waals surface area contributed by atoms with Gasteiger partial charge in [0.25, 0.3) is 5.69 Å². The van der Waals surface area contributed by atoms with Gasteiger partial charge in [-0.05, 0) is 18.4 Å². The maximum Gasteiger partial charge on any atom is 0.326 e. The highest BCUT2D eigenvalue weighted by molar-refractivity contribution is 5.83. The smallest absolute Gasteiger partial charge is 0.326 e. The molecule has 0 fully saturated rings. The fraction of sp³-hybridized carbons (Fsp3) is 0.467. The van der Waals surface area contributed by atoms with Gasteiger partial charge in [0.15, 0.2) is 0 Å². The molecule has 0 saturated carbocycles. The van der Waals surface area contributed by atoms with Crippen molar-refractivity contribution in [3.05, 3.63) is 39.9 Å². The number of carboxylic acid groups (broad SMARTS) is 1. The van der Waals surface area contributed by atoms with Crippen LogP contribution in [-0.2, 0) is 16.0 Å². The number of carbonyl (C=O) groups excluding carboxylic acids is 1. The molecule has 120 valence electrons. The Morgan fingerprint density at radius 3 is 2.73 bits per heavy atom. The van der Waals surface area contributed by atoms with Crippen LogP contribution in [0, 0.1) is 10.1 Å². The zero-order valence-corrected chi connectivity index (χ0v) is 12.4. The number of carbonyl (C=O) groups is 2. The van der Waals surface area contributed by atoms with Crippen LogP contribution in [0.1, 0.15) is 38.2 Å². The van der Waals surface area contributed by atoms with Gasteiger partial charge in [-0.15, -0.1) is 0 Å². The first-order valence-corrected chi connectivity index (χ1v) is 7.19. The number of benzene rings is 1. The molecular weight excluding hydrogens is 288 g/mol. The number of hydrogen-bond acceptors (Lipinski definition) is 4. The standard InChI is InChI=1S/C15H20N2O5/c1-2-3-7-13(15(19)20)16-14(18)9-8-11-5-4-6-12(10-11)17(21)22/h4-6,10,13H,2-3,7-9H2,1H3,(H,16,18)(H,19,20). The Bertz CT molecular complexity index is 544. The first-order valence-electron chi connectivity index (χ1n) is 7.19. The van der Waals surface area contributed by atoms with E-state index in [2.05, 4.69) is 5.32 Å². The minimum absolute atomic E-state index is 0.0238. The fourth-order valence-corrected chi connectivity index (χ4v) is 2.02. The average Bonchev–Trinajstić information content (AvgIpc) is 2.49. The average molecular weight is 308 g/mol. The van der Waals surface area contributed by atoms with E-state index in [1.54, 1.807) is 12.1 Å². The van der Waals surface area contributed by atoms with Crippen molar-refractivity contribution in [3.63, 3.8) is 0 Å². The third-order valence-electron chi connectivity index (χ3n) is 3.24. The van der Waals surface area contributed by atoms with E-state index in [-0.39, 0.29) is 18.0 Å². The number of non-ortho nitro benzene ring substituents is 1.